The summed E-state index contributed by atoms with van der Waals surface area (Å²) in [6, 6.07) is 8.34. The first-order chi connectivity index (χ1) is 11.6. The van der Waals surface area contributed by atoms with Crippen molar-refractivity contribution in [2.45, 2.75) is 51.0 Å². The summed E-state index contributed by atoms with van der Waals surface area (Å²) >= 11 is 3.46. The largest absolute Gasteiger partial charge is 0.356 e. The molecule has 0 aliphatic heterocycles. The number of hydrogen-bond donors (Lipinski definition) is 2. The van der Waals surface area contributed by atoms with Gasteiger partial charge in [-0.15, -0.1) is 0 Å². The van der Waals surface area contributed by atoms with Crippen molar-refractivity contribution in [2.75, 3.05) is 6.54 Å². The van der Waals surface area contributed by atoms with Crippen LogP contribution in [0.15, 0.2) is 28.7 Å². The molecule has 0 radical (unpaired) electrons. The van der Waals surface area contributed by atoms with Crippen molar-refractivity contribution in [3.63, 3.8) is 0 Å². The summed E-state index contributed by atoms with van der Waals surface area (Å²) in [5, 5.41) is 6.12. The molecule has 1 atom stereocenters. The average Bonchev–Trinajstić information content (AvgIpc) is 3.34. The predicted molar refractivity (Wildman–Crippen MR) is 97.3 cm³/mol. The molecule has 2 aliphatic rings. The molecular weight excluding hydrogens is 368 g/mol. The predicted octanol–water partition coefficient (Wildman–Crippen LogP) is 3.71. The molecule has 2 amide bonds. The molecule has 3 rings (SSSR count). The van der Waals surface area contributed by atoms with Crippen LogP contribution in [0.5, 0.6) is 0 Å². The van der Waals surface area contributed by atoms with E-state index in [-0.39, 0.29) is 23.8 Å². The summed E-state index contributed by atoms with van der Waals surface area (Å²) in [6.45, 7) is 0.592. The molecule has 1 aromatic rings. The lowest BCUT2D eigenvalue weighted by Crippen LogP contribution is -2.36. The van der Waals surface area contributed by atoms with Crippen molar-refractivity contribution in [1.29, 1.82) is 0 Å². The number of benzene rings is 1. The van der Waals surface area contributed by atoms with E-state index in [0.29, 0.717) is 25.3 Å². The Bertz CT molecular complexity index is 580. The molecule has 4 nitrogen and oxygen atoms in total. The minimum atomic E-state index is 0.0792. The van der Waals surface area contributed by atoms with Gasteiger partial charge in [0.15, 0.2) is 0 Å². The third-order valence-corrected chi connectivity index (χ3v) is 5.52. The van der Waals surface area contributed by atoms with E-state index in [2.05, 4.69) is 38.7 Å². The van der Waals surface area contributed by atoms with Crippen molar-refractivity contribution in [3.8, 4) is 0 Å². The molecule has 2 N–H and O–H groups in total. The van der Waals surface area contributed by atoms with E-state index >= 15 is 0 Å². The van der Waals surface area contributed by atoms with Crippen molar-refractivity contribution < 1.29 is 9.59 Å². The van der Waals surface area contributed by atoms with Gasteiger partial charge in [-0.1, -0.05) is 34.5 Å². The second-order valence-electron chi connectivity index (χ2n) is 6.96. The molecule has 0 heterocycles. The Morgan fingerprint density at radius 2 is 1.83 bits per heavy atom. The van der Waals surface area contributed by atoms with E-state index in [4.69, 9.17) is 0 Å². The molecule has 0 aromatic heterocycles. The molecule has 2 aliphatic carbocycles. The molecule has 1 unspecified atom stereocenters. The monoisotopic (exact) mass is 392 g/mol. The van der Waals surface area contributed by atoms with Gasteiger partial charge in [0.05, 0.1) is 6.04 Å². The Morgan fingerprint density at radius 1 is 1.12 bits per heavy atom. The summed E-state index contributed by atoms with van der Waals surface area (Å²) in [5.74, 6) is 1.01. The van der Waals surface area contributed by atoms with Crippen LogP contribution >= 0.6 is 15.9 Å². The van der Waals surface area contributed by atoms with Crippen LogP contribution in [-0.2, 0) is 9.59 Å². The van der Waals surface area contributed by atoms with Gasteiger partial charge in [0, 0.05) is 23.4 Å². The van der Waals surface area contributed by atoms with Crippen LogP contribution in [0.4, 0.5) is 0 Å². The maximum absolute atomic E-state index is 12.3. The average molecular weight is 393 g/mol. The molecule has 130 valence electrons. The molecule has 5 heteroatoms. The topological polar surface area (TPSA) is 58.2 Å². The molecule has 0 spiro atoms. The number of halogens is 1. The van der Waals surface area contributed by atoms with E-state index in [1.54, 1.807) is 0 Å². The molecule has 0 saturated heterocycles. The zero-order valence-corrected chi connectivity index (χ0v) is 15.5. The van der Waals surface area contributed by atoms with Crippen LogP contribution in [0.25, 0.3) is 0 Å². The first kappa shape index (κ1) is 17.5. The zero-order chi connectivity index (χ0) is 16.9. The number of nitrogens with one attached hydrogen (secondary N) is 2. The third kappa shape index (κ3) is 4.82. The summed E-state index contributed by atoms with van der Waals surface area (Å²) in [5.41, 5.74) is 1.18. The van der Waals surface area contributed by atoms with E-state index in [1.165, 1.54) is 24.8 Å². The Balaban J connectivity index is 1.46. The SMILES string of the molecule is O=C(CCCNC(=O)C1CC1)NC(c1ccc(Br)cc1)C1CCC1. The van der Waals surface area contributed by atoms with Crippen LogP contribution < -0.4 is 10.6 Å². The maximum atomic E-state index is 12.3. The number of hydrogen-bond acceptors (Lipinski definition) is 2. The minimum Gasteiger partial charge on any atom is -0.356 e. The summed E-state index contributed by atoms with van der Waals surface area (Å²) in [4.78, 5) is 23.9. The fourth-order valence-electron chi connectivity index (χ4n) is 3.11. The van der Waals surface area contributed by atoms with Gasteiger partial charge in [-0.3, -0.25) is 9.59 Å². The van der Waals surface area contributed by atoms with Gasteiger partial charge in [0.1, 0.15) is 0 Å². The van der Waals surface area contributed by atoms with E-state index < -0.39 is 0 Å². The Kier molecular flexibility index (Phi) is 5.93. The molecule has 2 saturated carbocycles. The van der Waals surface area contributed by atoms with Crippen molar-refractivity contribution in [3.05, 3.63) is 34.3 Å². The highest BCUT2D eigenvalue weighted by Crippen LogP contribution is 2.38. The highest BCUT2D eigenvalue weighted by Gasteiger charge is 2.30. The number of amides is 2. The molecule has 24 heavy (non-hydrogen) atoms. The van der Waals surface area contributed by atoms with Crippen LogP contribution in [0.3, 0.4) is 0 Å². The standard InChI is InChI=1S/C19H25BrN2O2/c20-16-10-8-14(9-11-16)18(13-3-1-4-13)22-17(23)5-2-12-21-19(24)15-6-7-15/h8-11,13,15,18H,1-7,12H2,(H,21,24)(H,22,23). The first-order valence-corrected chi connectivity index (χ1v) is 9.75. The normalized spacial score (nSPS) is 18.5. The van der Waals surface area contributed by atoms with Crippen LogP contribution in [0.2, 0.25) is 0 Å². The fourth-order valence-corrected chi connectivity index (χ4v) is 3.38. The molecule has 1 aromatic carbocycles. The number of rotatable bonds is 8. The van der Waals surface area contributed by atoms with Crippen LogP contribution in [0.1, 0.15) is 56.6 Å². The van der Waals surface area contributed by atoms with Gasteiger partial charge in [-0.25, -0.2) is 0 Å². The number of carbonyl (C=O) groups excluding carboxylic acids is 2. The highest BCUT2D eigenvalue weighted by atomic mass is 79.9. The zero-order valence-electron chi connectivity index (χ0n) is 13.9. The fraction of sp³-hybridized carbons (Fsp3) is 0.579. The van der Waals surface area contributed by atoms with Gasteiger partial charge >= 0.3 is 0 Å². The van der Waals surface area contributed by atoms with Gasteiger partial charge in [0.2, 0.25) is 11.8 Å². The van der Waals surface area contributed by atoms with Crippen LogP contribution in [-0.4, -0.2) is 18.4 Å². The van der Waals surface area contributed by atoms with E-state index in [1.807, 2.05) is 12.1 Å². The van der Waals surface area contributed by atoms with Crippen molar-refractivity contribution in [2.24, 2.45) is 11.8 Å². The smallest absolute Gasteiger partial charge is 0.223 e. The minimum absolute atomic E-state index is 0.0792. The van der Waals surface area contributed by atoms with Gasteiger partial charge in [0.25, 0.3) is 0 Å². The van der Waals surface area contributed by atoms with E-state index in [0.717, 1.165) is 17.3 Å². The maximum Gasteiger partial charge on any atom is 0.223 e. The van der Waals surface area contributed by atoms with Gasteiger partial charge in [-0.05, 0) is 55.7 Å². The first-order valence-electron chi connectivity index (χ1n) is 8.96. The second kappa shape index (κ2) is 8.15. The lowest BCUT2D eigenvalue weighted by molar-refractivity contribution is -0.124. The Hall–Kier alpha value is -1.36. The second-order valence-corrected chi connectivity index (χ2v) is 7.87. The lowest BCUT2D eigenvalue weighted by Gasteiger charge is -2.34. The highest BCUT2D eigenvalue weighted by molar-refractivity contribution is 9.10. The lowest BCUT2D eigenvalue weighted by atomic mass is 9.77. The third-order valence-electron chi connectivity index (χ3n) is 4.99. The van der Waals surface area contributed by atoms with Gasteiger partial charge < -0.3 is 10.6 Å². The van der Waals surface area contributed by atoms with E-state index in [9.17, 15) is 9.59 Å². The molecular formula is C19H25BrN2O2. The van der Waals surface area contributed by atoms with Gasteiger partial charge in [-0.2, -0.15) is 0 Å². The number of carbonyl (C=O) groups is 2. The summed E-state index contributed by atoms with van der Waals surface area (Å²) in [7, 11) is 0. The van der Waals surface area contributed by atoms with Crippen molar-refractivity contribution >= 4 is 27.7 Å². The van der Waals surface area contributed by atoms with Crippen LogP contribution in [0, 0.1) is 11.8 Å². The Labute approximate surface area is 151 Å². The summed E-state index contributed by atoms with van der Waals surface area (Å²) in [6.07, 6.45) is 6.80. The molecule has 0 bridgehead atoms. The summed E-state index contributed by atoms with van der Waals surface area (Å²) < 4.78 is 1.05. The Morgan fingerprint density at radius 3 is 2.42 bits per heavy atom. The quantitative estimate of drug-likeness (QED) is 0.662. The molecule has 2 fully saturated rings. The van der Waals surface area contributed by atoms with Crippen molar-refractivity contribution in [1.82, 2.24) is 10.6 Å².